The molecule has 6 rings (SSSR count). The lowest BCUT2D eigenvalue weighted by Crippen LogP contribution is -2.39. The maximum absolute atomic E-state index is 12.9. The number of halogens is 1. The zero-order chi connectivity index (χ0) is 24.7. The van der Waals surface area contributed by atoms with E-state index in [4.69, 9.17) is 36.5 Å². The Morgan fingerprint density at radius 3 is 2.78 bits per heavy atom. The van der Waals surface area contributed by atoms with E-state index >= 15 is 0 Å². The highest BCUT2D eigenvalue weighted by Gasteiger charge is 2.45. The molecule has 0 fully saturated rings. The molecule has 3 aliphatic rings. The van der Waals surface area contributed by atoms with Gasteiger partial charge in [0.15, 0.2) is 5.78 Å². The second kappa shape index (κ2) is 9.04. The average molecular weight is 503 g/mol. The lowest BCUT2D eigenvalue weighted by atomic mass is 9.77. The number of rotatable bonds is 4. The summed E-state index contributed by atoms with van der Waals surface area (Å²) in [6.45, 7) is 1.65. The quantitative estimate of drug-likeness (QED) is 0.525. The fourth-order valence-electron chi connectivity index (χ4n) is 4.93. The number of aliphatic imine (C=N–C) groups is 1. The number of nitrogens with zero attached hydrogens (tertiary/aromatic N) is 3. The van der Waals surface area contributed by atoms with Crippen molar-refractivity contribution in [3.05, 3.63) is 87.8 Å². The first-order valence-electron chi connectivity index (χ1n) is 11.7. The van der Waals surface area contributed by atoms with Gasteiger partial charge in [-0.3, -0.25) is 9.78 Å². The first kappa shape index (κ1) is 22.7. The molecule has 5 heterocycles. The zero-order valence-electron chi connectivity index (χ0n) is 19.4. The van der Waals surface area contributed by atoms with Gasteiger partial charge >= 0.3 is 0 Å². The first-order chi connectivity index (χ1) is 17.5. The number of ketones is 1. The molecule has 0 saturated heterocycles. The van der Waals surface area contributed by atoms with Gasteiger partial charge in [-0.05, 0) is 53.5 Å². The fourth-order valence-corrected chi connectivity index (χ4v) is 5.04. The molecule has 0 radical (unpaired) electrons. The van der Waals surface area contributed by atoms with Gasteiger partial charge in [-0.25, -0.2) is 9.98 Å². The van der Waals surface area contributed by atoms with Gasteiger partial charge in [0.1, 0.15) is 17.0 Å². The van der Waals surface area contributed by atoms with Crippen LogP contribution in [0.15, 0.2) is 59.9 Å². The number of pyridine rings is 2. The van der Waals surface area contributed by atoms with E-state index in [1.807, 2.05) is 24.4 Å². The molecule has 0 aliphatic carbocycles. The van der Waals surface area contributed by atoms with Crippen LogP contribution in [-0.2, 0) is 21.4 Å². The molecule has 0 bridgehead atoms. The van der Waals surface area contributed by atoms with Crippen LogP contribution >= 0.6 is 11.6 Å². The summed E-state index contributed by atoms with van der Waals surface area (Å²) in [5.41, 5.74) is 10.3. The number of ether oxygens (including phenoxy) is 3. The molecule has 36 heavy (non-hydrogen) atoms. The maximum atomic E-state index is 12.9. The van der Waals surface area contributed by atoms with E-state index in [0.29, 0.717) is 48.6 Å². The van der Waals surface area contributed by atoms with Crippen molar-refractivity contribution >= 4 is 29.0 Å². The Bertz CT molecular complexity index is 1420. The monoisotopic (exact) mass is 502 g/mol. The Balaban J connectivity index is 1.43. The summed E-state index contributed by atoms with van der Waals surface area (Å²) in [4.78, 5) is 26.5. The van der Waals surface area contributed by atoms with E-state index in [-0.39, 0.29) is 18.2 Å². The molecule has 1 aromatic carbocycles. The molecule has 0 unspecified atom stereocenters. The smallest absolute Gasteiger partial charge is 0.283 e. The van der Waals surface area contributed by atoms with E-state index < -0.39 is 5.54 Å². The molecule has 2 N–H and O–H groups in total. The predicted molar refractivity (Wildman–Crippen MR) is 134 cm³/mol. The molecular formula is C27H23ClN4O4. The number of fused-ring (bicyclic) bond motifs is 4. The fraction of sp³-hybridized carbons (Fsp3) is 0.259. The summed E-state index contributed by atoms with van der Waals surface area (Å²) < 4.78 is 17.2. The van der Waals surface area contributed by atoms with Gasteiger partial charge in [-0.15, -0.1) is 0 Å². The van der Waals surface area contributed by atoms with Crippen LogP contribution in [0.25, 0.3) is 5.57 Å². The van der Waals surface area contributed by atoms with E-state index in [2.05, 4.69) is 22.1 Å². The van der Waals surface area contributed by atoms with Gasteiger partial charge in [-0.1, -0.05) is 23.7 Å². The molecule has 2 aromatic heterocycles. The summed E-state index contributed by atoms with van der Waals surface area (Å²) >= 11 is 5.92. The number of aromatic nitrogens is 2. The SMILES string of the molecule is NC1=N[C@@]2(CCO1)c1cc(CC(=O)c3ccc(Cl)cn3)ccc1Oc1ncc(C3=CCOCC3)cc12. The van der Waals surface area contributed by atoms with Crippen LogP contribution in [0, 0.1) is 0 Å². The minimum absolute atomic E-state index is 0.108. The second-order valence-electron chi connectivity index (χ2n) is 8.93. The van der Waals surface area contributed by atoms with Crippen molar-refractivity contribution in [2.75, 3.05) is 19.8 Å². The molecule has 1 atom stereocenters. The summed E-state index contributed by atoms with van der Waals surface area (Å²) in [7, 11) is 0. The molecule has 0 amide bonds. The highest BCUT2D eigenvalue weighted by molar-refractivity contribution is 6.30. The van der Waals surface area contributed by atoms with Crippen LogP contribution in [0.2, 0.25) is 5.02 Å². The standard InChI is InChI=1S/C27H23ClN4O4/c28-19-2-3-22(30-15-19)23(33)12-16-1-4-24-20(11-16)27(7-10-35-26(29)32-27)21-13-18(14-31-25(21)36-24)17-5-8-34-9-6-17/h1-5,11,13-15H,6-10,12H2,(H2,29,32)/t27-/m0/s1. The number of amidine groups is 1. The van der Waals surface area contributed by atoms with Gasteiger partial charge in [0.05, 0.1) is 24.8 Å². The van der Waals surface area contributed by atoms with Crippen molar-refractivity contribution in [2.24, 2.45) is 10.7 Å². The normalized spacial score (nSPS) is 20.4. The van der Waals surface area contributed by atoms with E-state index in [0.717, 1.165) is 28.7 Å². The van der Waals surface area contributed by atoms with Gasteiger partial charge < -0.3 is 19.9 Å². The highest BCUT2D eigenvalue weighted by Crippen LogP contribution is 2.52. The molecular weight excluding hydrogens is 480 g/mol. The molecule has 0 saturated carbocycles. The molecule has 182 valence electrons. The topological polar surface area (TPSA) is 109 Å². The van der Waals surface area contributed by atoms with Crippen molar-refractivity contribution in [2.45, 2.75) is 24.8 Å². The number of Topliss-reactive ketones (excluding diaryl/α,β-unsaturated/α-hetero) is 1. The molecule has 1 spiro atoms. The summed E-state index contributed by atoms with van der Waals surface area (Å²) in [6.07, 6.45) is 6.91. The van der Waals surface area contributed by atoms with Gasteiger partial charge in [0, 0.05) is 36.4 Å². The van der Waals surface area contributed by atoms with Crippen LogP contribution in [0.3, 0.4) is 0 Å². The summed E-state index contributed by atoms with van der Waals surface area (Å²) in [5.74, 6) is 1.02. The number of hydrogen-bond acceptors (Lipinski definition) is 8. The highest BCUT2D eigenvalue weighted by atomic mass is 35.5. The molecule has 3 aliphatic heterocycles. The number of benzene rings is 1. The third kappa shape index (κ3) is 4.02. The van der Waals surface area contributed by atoms with Crippen LogP contribution in [0.1, 0.15) is 45.6 Å². The Hall–Kier alpha value is -3.75. The van der Waals surface area contributed by atoms with Crippen molar-refractivity contribution < 1.29 is 19.0 Å². The van der Waals surface area contributed by atoms with Crippen molar-refractivity contribution in [3.63, 3.8) is 0 Å². The number of nitrogens with two attached hydrogens (primary N) is 1. The Morgan fingerprint density at radius 2 is 2.00 bits per heavy atom. The summed E-state index contributed by atoms with van der Waals surface area (Å²) in [5, 5.41) is 0.484. The summed E-state index contributed by atoms with van der Waals surface area (Å²) in [6, 6.07) is 11.2. The third-order valence-corrected chi connectivity index (χ3v) is 6.94. The predicted octanol–water partition coefficient (Wildman–Crippen LogP) is 4.44. The molecule has 9 heteroatoms. The molecule has 8 nitrogen and oxygen atoms in total. The van der Waals surface area contributed by atoms with Gasteiger partial charge in [-0.2, -0.15) is 0 Å². The number of hydrogen-bond donors (Lipinski definition) is 1. The molecule has 3 aromatic rings. The maximum Gasteiger partial charge on any atom is 0.283 e. The largest absolute Gasteiger partial charge is 0.465 e. The van der Waals surface area contributed by atoms with Gasteiger partial charge in [0.2, 0.25) is 5.88 Å². The average Bonchev–Trinajstić information content (AvgIpc) is 2.90. The van der Waals surface area contributed by atoms with Crippen molar-refractivity contribution in [3.8, 4) is 11.6 Å². The lowest BCUT2D eigenvalue weighted by molar-refractivity contribution is 0.0988. The van der Waals surface area contributed by atoms with E-state index in [1.165, 1.54) is 11.8 Å². The third-order valence-electron chi connectivity index (χ3n) is 6.72. The van der Waals surface area contributed by atoms with Crippen molar-refractivity contribution in [1.82, 2.24) is 9.97 Å². The lowest BCUT2D eigenvalue weighted by Gasteiger charge is -2.39. The zero-order valence-corrected chi connectivity index (χ0v) is 20.1. The van der Waals surface area contributed by atoms with Crippen molar-refractivity contribution in [1.29, 1.82) is 0 Å². The van der Waals surface area contributed by atoms with E-state index in [1.54, 1.807) is 12.1 Å². The first-order valence-corrected chi connectivity index (χ1v) is 12.1. The Morgan fingerprint density at radius 1 is 1.08 bits per heavy atom. The van der Waals surface area contributed by atoms with Crippen LogP contribution < -0.4 is 10.5 Å². The number of carbonyl (C=O) groups excluding carboxylic acids is 1. The second-order valence-corrected chi connectivity index (χ2v) is 9.37. The van der Waals surface area contributed by atoms with Crippen LogP contribution in [0.4, 0.5) is 0 Å². The number of carbonyl (C=O) groups is 1. The van der Waals surface area contributed by atoms with Gasteiger partial charge in [0.25, 0.3) is 6.02 Å². The minimum atomic E-state index is -0.836. The van der Waals surface area contributed by atoms with Crippen LogP contribution in [0.5, 0.6) is 11.6 Å². The van der Waals surface area contributed by atoms with Crippen LogP contribution in [-0.4, -0.2) is 41.6 Å². The Kier molecular flexibility index (Phi) is 5.70. The minimum Gasteiger partial charge on any atom is -0.465 e. The Labute approximate surface area is 212 Å². The van der Waals surface area contributed by atoms with E-state index in [9.17, 15) is 4.79 Å².